The summed E-state index contributed by atoms with van der Waals surface area (Å²) < 4.78 is 12.1. The molecule has 4 nitrogen and oxygen atoms in total. The quantitative estimate of drug-likeness (QED) is 0.755. The van der Waals surface area contributed by atoms with E-state index in [4.69, 9.17) is 9.47 Å². The Labute approximate surface area is 138 Å². The van der Waals surface area contributed by atoms with Crippen molar-refractivity contribution in [3.8, 4) is 0 Å². The number of aliphatic hydroxyl groups is 1. The number of hydrogen-bond donors (Lipinski definition) is 1. The number of hydrogen-bond acceptors (Lipinski definition) is 4. The van der Waals surface area contributed by atoms with Gasteiger partial charge in [0.2, 0.25) is 0 Å². The maximum Gasteiger partial charge on any atom is 0.172 e. The van der Waals surface area contributed by atoms with Crippen LogP contribution in [0.15, 0.2) is 12.2 Å². The molecule has 0 unspecified atom stereocenters. The van der Waals surface area contributed by atoms with Gasteiger partial charge in [0.15, 0.2) is 11.6 Å². The molecule has 4 rings (SSSR count). The molecule has 1 N–H and O–H groups in total. The van der Waals surface area contributed by atoms with E-state index >= 15 is 0 Å². The molecule has 0 aromatic heterocycles. The van der Waals surface area contributed by atoms with Crippen molar-refractivity contribution in [1.82, 2.24) is 0 Å². The monoisotopic (exact) mass is 320 g/mol. The Morgan fingerprint density at radius 2 is 2.00 bits per heavy atom. The molecule has 23 heavy (non-hydrogen) atoms. The number of fused-ring (bicyclic) bond motifs is 4. The lowest BCUT2D eigenvalue weighted by atomic mass is 9.59. The molecule has 4 heteroatoms. The Morgan fingerprint density at radius 1 is 1.26 bits per heavy atom. The second kappa shape index (κ2) is 5.40. The van der Waals surface area contributed by atoms with Crippen LogP contribution < -0.4 is 0 Å². The highest BCUT2D eigenvalue weighted by Crippen LogP contribution is 2.58. The topological polar surface area (TPSA) is 55.8 Å². The van der Waals surface area contributed by atoms with Crippen LogP contribution in [0.1, 0.15) is 46.0 Å². The van der Waals surface area contributed by atoms with E-state index in [1.165, 1.54) is 0 Å². The lowest BCUT2D eigenvalue weighted by Crippen LogP contribution is -2.58. The fourth-order valence-electron chi connectivity index (χ4n) is 5.78. The summed E-state index contributed by atoms with van der Waals surface area (Å²) in [6, 6.07) is 0. The van der Waals surface area contributed by atoms with Gasteiger partial charge in [-0.1, -0.05) is 26.0 Å². The van der Waals surface area contributed by atoms with Gasteiger partial charge in [-0.15, -0.1) is 0 Å². The third-order valence-electron chi connectivity index (χ3n) is 6.85. The van der Waals surface area contributed by atoms with Gasteiger partial charge in [-0.05, 0) is 37.0 Å². The van der Waals surface area contributed by atoms with Gasteiger partial charge < -0.3 is 14.6 Å². The van der Waals surface area contributed by atoms with Crippen molar-refractivity contribution in [3.05, 3.63) is 12.2 Å². The lowest BCUT2D eigenvalue weighted by molar-refractivity contribution is -0.227. The first-order chi connectivity index (χ1) is 11.0. The summed E-state index contributed by atoms with van der Waals surface area (Å²) in [6.07, 6.45) is 8.14. The first-order valence-electron chi connectivity index (χ1n) is 9.18. The zero-order valence-electron chi connectivity index (χ0n) is 14.2. The molecule has 0 aromatic rings. The van der Waals surface area contributed by atoms with Gasteiger partial charge in [0, 0.05) is 24.7 Å². The van der Waals surface area contributed by atoms with E-state index in [1.54, 1.807) is 0 Å². The van der Waals surface area contributed by atoms with Crippen molar-refractivity contribution in [2.45, 2.75) is 57.3 Å². The number of ether oxygens (including phenoxy) is 2. The van der Waals surface area contributed by atoms with Gasteiger partial charge >= 0.3 is 0 Å². The Hall–Kier alpha value is -0.710. The average molecular weight is 320 g/mol. The van der Waals surface area contributed by atoms with Gasteiger partial charge in [0.1, 0.15) is 5.60 Å². The molecule has 3 fully saturated rings. The first kappa shape index (κ1) is 15.8. The van der Waals surface area contributed by atoms with E-state index in [-0.39, 0.29) is 23.5 Å². The van der Waals surface area contributed by atoms with E-state index in [1.807, 2.05) is 0 Å². The van der Waals surface area contributed by atoms with E-state index in [2.05, 4.69) is 26.0 Å². The summed E-state index contributed by atoms with van der Waals surface area (Å²) in [7, 11) is 0. The molecular weight excluding hydrogens is 292 g/mol. The highest BCUT2D eigenvalue weighted by atomic mass is 16.7. The van der Waals surface area contributed by atoms with Crippen LogP contribution in [0.2, 0.25) is 0 Å². The number of carbonyl (C=O) groups is 1. The Balaban J connectivity index is 1.77. The van der Waals surface area contributed by atoms with Gasteiger partial charge in [-0.3, -0.25) is 4.79 Å². The third kappa shape index (κ3) is 2.18. The van der Waals surface area contributed by atoms with E-state index in [9.17, 15) is 9.90 Å². The van der Waals surface area contributed by atoms with Crippen molar-refractivity contribution >= 4 is 5.78 Å². The summed E-state index contributed by atoms with van der Waals surface area (Å²) in [4.78, 5) is 12.9. The van der Waals surface area contributed by atoms with Crippen LogP contribution in [-0.2, 0) is 14.3 Å². The molecule has 1 saturated heterocycles. The number of Topliss-reactive ketones (excluding diaryl/α,β-unsaturated/α-hetero) is 1. The van der Waals surface area contributed by atoms with E-state index < -0.39 is 11.4 Å². The molecule has 0 radical (unpaired) electrons. The van der Waals surface area contributed by atoms with Crippen LogP contribution in [0.4, 0.5) is 0 Å². The van der Waals surface area contributed by atoms with Crippen molar-refractivity contribution in [3.63, 3.8) is 0 Å². The van der Waals surface area contributed by atoms with Crippen LogP contribution in [0.25, 0.3) is 0 Å². The predicted octanol–water partition coefficient (Wildman–Crippen LogP) is 2.70. The fraction of sp³-hybridized carbons (Fsp3) is 0.842. The largest absolute Gasteiger partial charge is 0.382 e. The van der Waals surface area contributed by atoms with E-state index in [0.717, 1.165) is 19.3 Å². The predicted molar refractivity (Wildman–Crippen MR) is 85.6 cm³/mol. The highest BCUT2D eigenvalue weighted by molar-refractivity contribution is 5.89. The molecule has 1 heterocycles. The average Bonchev–Trinajstić information content (AvgIpc) is 3.07. The Kier molecular flexibility index (Phi) is 3.71. The minimum Gasteiger partial charge on any atom is -0.382 e. The second-order valence-corrected chi connectivity index (χ2v) is 8.18. The van der Waals surface area contributed by atoms with Crippen molar-refractivity contribution in [1.29, 1.82) is 0 Å². The summed E-state index contributed by atoms with van der Waals surface area (Å²) in [5.74, 6) is 0.481. The van der Waals surface area contributed by atoms with Crippen molar-refractivity contribution < 1.29 is 19.4 Å². The highest BCUT2D eigenvalue weighted by Gasteiger charge is 2.64. The van der Waals surface area contributed by atoms with Gasteiger partial charge in [-0.25, -0.2) is 0 Å². The molecule has 128 valence electrons. The number of rotatable bonds is 1. The molecule has 0 bridgehead atoms. The molecule has 1 aliphatic heterocycles. The first-order valence-corrected chi connectivity index (χ1v) is 9.18. The number of carbonyl (C=O) groups excluding carboxylic acids is 1. The molecule has 4 aliphatic rings. The zero-order chi connectivity index (χ0) is 16.2. The molecule has 0 aromatic carbocycles. The maximum atomic E-state index is 12.9. The number of allylic oxidation sites excluding steroid dienone is 2. The van der Waals surface area contributed by atoms with E-state index in [0.29, 0.717) is 37.9 Å². The number of ketones is 1. The SMILES string of the molecule is CC(C)[C@H]1CC[C@]2(O)C(=O)C[C@H]3[C@H](C=CCCC34OCCO4)[C@H]12. The summed E-state index contributed by atoms with van der Waals surface area (Å²) in [5.41, 5.74) is -1.13. The minimum atomic E-state index is -1.13. The van der Waals surface area contributed by atoms with Crippen LogP contribution in [-0.4, -0.2) is 35.5 Å². The van der Waals surface area contributed by atoms with Crippen LogP contribution in [0.3, 0.4) is 0 Å². The summed E-state index contributed by atoms with van der Waals surface area (Å²) >= 11 is 0. The van der Waals surface area contributed by atoms with Gasteiger partial charge in [0.05, 0.1) is 13.2 Å². The van der Waals surface area contributed by atoms with Crippen LogP contribution >= 0.6 is 0 Å². The lowest BCUT2D eigenvalue weighted by Gasteiger charge is -2.49. The third-order valence-corrected chi connectivity index (χ3v) is 6.85. The molecule has 1 spiro atoms. The van der Waals surface area contributed by atoms with Crippen molar-refractivity contribution in [2.24, 2.45) is 29.6 Å². The molecular formula is C19H28O4. The second-order valence-electron chi connectivity index (χ2n) is 8.18. The van der Waals surface area contributed by atoms with Gasteiger partial charge in [-0.2, -0.15) is 0 Å². The Morgan fingerprint density at radius 3 is 2.70 bits per heavy atom. The molecule has 3 aliphatic carbocycles. The molecule has 5 atom stereocenters. The smallest absolute Gasteiger partial charge is 0.172 e. The zero-order valence-corrected chi connectivity index (χ0v) is 14.2. The minimum absolute atomic E-state index is 0.00720. The van der Waals surface area contributed by atoms with Crippen LogP contribution in [0, 0.1) is 29.6 Å². The maximum absolute atomic E-state index is 12.9. The Bertz CT molecular complexity index is 519. The normalized spacial score (nSPS) is 45.3. The molecule has 0 amide bonds. The molecule has 2 saturated carbocycles. The fourth-order valence-corrected chi connectivity index (χ4v) is 5.78. The summed E-state index contributed by atoms with van der Waals surface area (Å²) in [6.45, 7) is 5.65. The van der Waals surface area contributed by atoms with Crippen LogP contribution in [0.5, 0.6) is 0 Å². The standard InChI is InChI=1S/C19H28O4/c1-12(2)13-6-8-18(21)16(20)11-15-14(17(13)18)5-3-4-7-19(15)22-9-10-23-19/h3,5,12-15,17,21H,4,6-11H2,1-2H3/t13-,14+,15+,17+,18+/m1/s1. The summed E-state index contributed by atoms with van der Waals surface area (Å²) in [5, 5.41) is 11.2. The van der Waals surface area contributed by atoms with Gasteiger partial charge in [0.25, 0.3) is 0 Å². The van der Waals surface area contributed by atoms with Crippen molar-refractivity contribution in [2.75, 3.05) is 13.2 Å².